The molecule has 1 amide bonds. The highest BCUT2D eigenvalue weighted by Gasteiger charge is 2.12. The second-order valence-electron chi connectivity index (χ2n) is 3.86. The number of aryl methyl sites for hydroxylation is 2. The first kappa shape index (κ1) is 11.4. The smallest absolute Gasteiger partial charge is 0.294 e. The number of benzene rings is 1. The zero-order chi connectivity index (χ0) is 12.3. The zero-order valence-corrected chi connectivity index (χ0v) is 9.86. The van der Waals surface area contributed by atoms with Crippen molar-refractivity contribution >= 4 is 11.6 Å². The minimum absolute atomic E-state index is 0.239. The third kappa shape index (κ3) is 2.72. The number of amides is 1. The SMILES string of the molecule is CCc1cc(C(=O)Nc2cccc(C)c2)on1. The molecule has 1 heterocycles. The van der Waals surface area contributed by atoms with Crippen molar-refractivity contribution in [1.29, 1.82) is 0 Å². The van der Waals surface area contributed by atoms with Crippen molar-refractivity contribution < 1.29 is 9.32 Å². The number of anilines is 1. The number of carbonyl (C=O) groups excluding carboxylic acids is 1. The van der Waals surface area contributed by atoms with Crippen molar-refractivity contribution in [3.8, 4) is 0 Å². The highest BCUT2D eigenvalue weighted by molar-refractivity contribution is 6.02. The van der Waals surface area contributed by atoms with Gasteiger partial charge in [0.15, 0.2) is 0 Å². The van der Waals surface area contributed by atoms with Crippen LogP contribution in [0, 0.1) is 6.92 Å². The molecule has 1 aromatic heterocycles. The Morgan fingerprint density at radius 2 is 2.24 bits per heavy atom. The third-order valence-corrected chi connectivity index (χ3v) is 2.42. The maximum absolute atomic E-state index is 11.8. The van der Waals surface area contributed by atoms with E-state index in [0.29, 0.717) is 0 Å². The first-order valence-corrected chi connectivity index (χ1v) is 5.52. The topological polar surface area (TPSA) is 55.1 Å². The average molecular weight is 230 g/mol. The second-order valence-corrected chi connectivity index (χ2v) is 3.86. The number of hydrogen-bond acceptors (Lipinski definition) is 3. The molecule has 1 aromatic carbocycles. The van der Waals surface area contributed by atoms with E-state index in [4.69, 9.17) is 4.52 Å². The molecule has 4 heteroatoms. The highest BCUT2D eigenvalue weighted by atomic mass is 16.5. The van der Waals surface area contributed by atoms with E-state index < -0.39 is 0 Å². The van der Waals surface area contributed by atoms with Crippen LogP contribution >= 0.6 is 0 Å². The van der Waals surface area contributed by atoms with Crippen LogP contribution in [-0.2, 0) is 6.42 Å². The summed E-state index contributed by atoms with van der Waals surface area (Å²) in [6.07, 6.45) is 0.751. The number of carbonyl (C=O) groups is 1. The lowest BCUT2D eigenvalue weighted by Gasteiger charge is -2.02. The van der Waals surface area contributed by atoms with Crippen LogP contribution in [0.4, 0.5) is 5.69 Å². The Bertz CT molecular complexity index is 532. The Morgan fingerprint density at radius 3 is 2.88 bits per heavy atom. The van der Waals surface area contributed by atoms with Crippen LogP contribution in [0.25, 0.3) is 0 Å². The largest absolute Gasteiger partial charge is 0.351 e. The van der Waals surface area contributed by atoms with Gasteiger partial charge < -0.3 is 9.84 Å². The van der Waals surface area contributed by atoms with Crippen molar-refractivity contribution in [3.05, 3.63) is 47.3 Å². The number of nitrogens with zero attached hydrogens (tertiary/aromatic N) is 1. The lowest BCUT2D eigenvalue weighted by atomic mass is 10.2. The van der Waals surface area contributed by atoms with E-state index in [2.05, 4.69) is 10.5 Å². The molecule has 2 aromatic rings. The molecular weight excluding hydrogens is 216 g/mol. The van der Waals surface area contributed by atoms with Gasteiger partial charge in [-0.05, 0) is 31.0 Å². The van der Waals surface area contributed by atoms with Gasteiger partial charge in [0.1, 0.15) is 0 Å². The van der Waals surface area contributed by atoms with Crippen LogP contribution in [0.1, 0.15) is 28.7 Å². The van der Waals surface area contributed by atoms with E-state index >= 15 is 0 Å². The van der Waals surface area contributed by atoms with Crippen molar-refractivity contribution in [2.75, 3.05) is 5.32 Å². The summed E-state index contributed by atoms with van der Waals surface area (Å²) in [6.45, 7) is 3.93. The lowest BCUT2D eigenvalue weighted by molar-refractivity contribution is 0.0988. The molecule has 0 fully saturated rings. The van der Waals surface area contributed by atoms with Crippen LogP contribution in [-0.4, -0.2) is 11.1 Å². The summed E-state index contributed by atoms with van der Waals surface area (Å²) in [5, 5.41) is 6.54. The van der Waals surface area contributed by atoms with Gasteiger partial charge in [-0.2, -0.15) is 0 Å². The fourth-order valence-corrected chi connectivity index (χ4v) is 1.50. The molecule has 0 aliphatic heterocycles. The van der Waals surface area contributed by atoms with Crippen molar-refractivity contribution in [2.24, 2.45) is 0 Å². The number of rotatable bonds is 3. The minimum atomic E-state index is -0.275. The number of aromatic nitrogens is 1. The Labute approximate surface area is 99.6 Å². The van der Waals surface area contributed by atoms with E-state index in [1.807, 2.05) is 38.1 Å². The molecule has 0 spiro atoms. The molecule has 0 aliphatic carbocycles. The first-order valence-electron chi connectivity index (χ1n) is 5.52. The number of nitrogens with one attached hydrogen (secondary N) is 1. The van der Waals surface area contributed by atoms with Crippen molar-refractivity contribution in [3.63, 3.8) is 0 Å². The lowest BCUT2D eigenvalue weighted by Crippen LogP contribution is -2.10. The van der Waals surface area contributed by atoms with E-state index in [-0.39, 0.29) is 11.7 Å². The van der Waals surface area contributed by atoms with E-state index in [1.165, 1.54) is 0 Å². The number of hydrogen-bond donors (Lipinski definition) is 1. The maximum Gasteiger partial charge on any atom is 0.294 e. The fraction of sp³-hybridized carbons (Fsp3) is 0.231. The van der Waals surface area contributed by atoms with Gasteiger partial charge in [0.25, 0.3) is 5.91 Å². The Kier molecular flexibility index (Phi) is 3.23. The molecule has 0 radical (unpaired) electrons. The molecule has 0 atom stereocenters. The monoisotopic (exact) mass is 230 g/mol. The highest BCUT2D eigenvalue weighted by Crippen LogP contribution is 2.12. The predicted octanol–water partition coefficient (Wildman–Crippen LogP) is 2.80. The second kappa shape index (κ2) is 4.82. The molecule has 1 N–H and O–H groups in total. The van der Waals surface area contributed by atoms with Gasteiger partial charge in [-0.3, -0.25) is 4.79 Å². The van der Waals surface area contributed by atoms with Crippen LogP contribution in [0.3, 0.4) is 0 Å². The van der Waals surface area contributed by atoms with Gasteiger partial charge in [0.2, 0.25) is 5.76 Å². The van der Waals surface area contributed by atoms with Gasteiger partial charge in [0.05, 0.1) is 5.69 Å². The van der Waals surface area contributed by atoms with Gasteiger partial charge in [-0.25, -0.2) is 0 Å². The van der Waals surface area contributed by atoms with Crippen LogP contribution < -0.4 is 5.32 Å². The van der Waals surface area contributed by atoms with E-state index in [9.17, 15) is 4.79 Å². The van der Waals surface area contributed by atoms with Gasteiger partial charge in [0, 0.05) is 11.8 Å². The summed E-state index contributed by atoms with van der Waals surface area (Å²) in [5.74, 6) is -0.0360. The van der Waals surface area contributed by atoms with Crippen molar-refractivity contribution in [1.82, 2.24) is 5.16 Å². The predicted molar refractivity (Wildman–Crippen MR) is 65.0 cm³/mol. The molecule has 4 nitrogen and oxygen atoms in total. The Hall–Kier alpha value is -2.10. The van der Waals surface area contributed by atoms with Gasteiger partial charge in [-0.1, -0.05) is 24.2 Å². The summed E-state index contributed by atoms with van der Waals surface area (Å²) >= 11 is 0. The fourth-order valence-electron chi connectivity index (χ4n) is 1.50. The quantitative estimate of drug-likeness (QED) is 0.882. The summed E-state index contributed by atoms with van der Waals surface area (Å²) in [7, 11) is 0. The van der Waals surface area contributed by atoms with E-state index in [0.717, 1.165) is 23.4 Å². The first-order chi connectivity index (χ1) is 8.19. The van der Waals surface area contributed by atoms with Crippen LogP contribution in [0.2, 0.25) is 0 Å². The molecule has 0 aliphatic rings. The van der Waals surface area contributed by atoms with Gasteiger partial charge >= 0.3 is 0 Å². The van der Waals surface area contributed by atoms with E-state index in [1.54, 1.807) is 6.07 Å². The third-order valence-electron chi connectivity index (χ3n) is 2.42. The molecular formula is C13H14N2O2. The summed E-state index contributed by atoms with van der Waals surface area (Å²) in [6, 6.07) is 9.25. The molecule has 0 bridgehead atoms. The standard InChI is InChI=1S/C13H14N2O2/c1-3-10-8-12(17-15-10)13(16)14-11-6-4-5-9(2)7-11/h4-8H,3H2,1-2H3,(H,14,16). The molecule has 88 valence electrons. The Morgan fingerprint density at radius 1 is 1.41 bits per heavy atom. The zero-order valence-electron chi connectivity index (χ0n) is 9.86. The summed E-state index contributed by atoms with van der Waals surface area (Å²) in [5.41, 5.74) is 2.62. The van der Waals surface area contributed by atoms with Crippen LogP contribution in [0.5, 0.6) is 0 Å². The van der Waals surface area contributed by atoms with Crippen LogP contribution in [0.15, 0.2) is 34.9 Å². The molecule has 17 heavy (non-hydrogen) atoms. The molecule has 0 saturated heterocycles. The van der Waals surface area contributed by atoms with Crippen molar-refractivity contribution in [2.45, 2.75) is 20.3 Å². The molecule has 2 rings (SSSR count). The maximum atomic E-state index is 11.8. The normalized spacial score (nSPS) is 10.2. The molecule has 0 unspecified atom stereocenters. The minimum Gasteiger partial charge on any atom is -0.351 e. The average Bonchev–Trinajstić information content (AvgIpc) is 2.77. The summed E-state index contributed by atoms with van der Waals surface area (Å²) < 4.78 is 4.96. The Balaban J connectivity index is 2.11. The van der Waals surface area contributed by atoms with Gasteiger partial charge in [-0.15, -0.1) is 0 Å². The molecule has 0 saturated carbocycles. The summed E-state index contributed by atoms with van der Waals surface area (Å²) in [4.78, 5) is 11.8.